The van der Waals surface area contributed by atoms with Gasteiger partial charge in [0.2, 0.25) is 0 Å². The molecule has 0 saturated heterocycles. The van der Waals surface area contributed by atoms with E-state index in [1.807, 2.05) is 0 Å². The normalized spacial score (nSPS) is 14.1. The lowest BCUT2D eigenvalue weighted by atomic mass is 10.1. The van der Waals surface area contributed by atoms with Crippen molar-refractivity contribution < 1.29 is 0 Å². The summed E-state index contributed by atoms with van der Waals surface area (Å²) in [7, 11) is -1.51. The third kappa shape index (κ3) is 10.0. The molecule has 0 aromatic rings. The number of thiol groups is 1. The zero-order valence-corrected chi connectivity index (χ0v) is 13.9. The highest BCUT2D eigenvalue weighted by Gasteiger charge is 2.25. The monoisotopic (exact) mass is 280 g/mol. The van der Waals surface area contributed by atoms with E-state index in [2.05, 4.69) is 32.6 Å². The van der Waals surface area contributed by atoms with Gasteiger partial charge in [-0.25, -0.2) is 0 Å². The van der Waals surface area contributed by atoms with Crippen LogP contribution in [0.4, 0.5) is 0 Å². The summed E-state index contributed by atoms with van der Waals surface area (Å²) in [5, 5.41) is 0. The largest absolute Gasteiger partial charge is 0.178 e. The van der Waals surface area contributed by atoms with Crippen LogP contribution >= 0.6 is 23.7 Å². The lowest BCUT2D eigenvalue weighted by molar-refractivity contribution is 0.570. The van der Waals surface area contributed by atoms with Crippen LogP contribution < -0.4 is 0 Å². The Bertz CT molecular complexity index is 157. The van der Waals surface area contributed by atoms with E-state index in [4.69, 9.17) is 11.1 Å². The van der Waals surface area contributed by atoms with Gasteiger partial charge in [0.1, 0.15) is 0 Å². The minimum Gasteiger partial charge on any atom is -0.178 e. The Hall–Kier alpha value is 0.857. The predicted octanol–water partition coefficient (Wildman–Crippen LogP) is 5.80. The van der Waals surface area contributed by atoms with Gasteiger partial charge in [-0.1, -0.05) is 71.4 Å². The molecule has 0 aliphatic carbocycles. The highest BCUT2D eigenvalue weighted by Crippen LogP contribution is 2.23. The van der Waals surface area contributed by atoms with Crippen LogP contribution in [-0.2, 0) is 0 Å². The van der Waals surface area contributed by atoms with E-state index in [9.17, 15) is 0 Å². The second kappa shape index (κ2) is 9.84. The fourth-order valence-electron chi connectivity index (χ4n) is 1.81. The number of hydrogen-bond acceptors (Lipinski definition) is 1. The molecule has 0 bridgehead atoms. The molecular weight excluding hydrogens is 252 g/mol. The van der Waals surface area contributed by atoms with Gasteiger partial charge in [-0.05, 0) is 6.42 Å². The van der Waals surface area contributed by atoms with Crippen molar-refractivity contribution in [3.8, 4) is 0 Å². The molecule has 98 valence electrons. The summed E-state index contributed by atoms with van der Waals surface area (Å²) >= 11 is 11.0. The maximum atomic E-state index is 6.34. The first-order valence-electron chi connectivity index (χ1n) is 6.85. The Balaban J connectivity index is 3.21. The number of rotatable bonds is 10. The van der Waals surface area contributed by atoms with E-state index in [1.54, 1.807) is 0 Å². The topological polar surface area (TPSA) is 0 Å². The molecule has 0 aliphatic heterocycles. The summed E-state index contributed by atoms with van der Waals surface area (Å²) in [6.07, 6.45) is 12.3. The van der Waals surface area contributed by atoms with Crippen molar-refractivity contribution >= 4 is 31.1 Å². The highest BCUT2D eigenvalue weighted by molar-refractivity contribution is 7.84. The summed E-state index contributed by atoms with van der Waals surface area (Å²) in [5.41, 5.74) is 0. The molecule has 0 fully saturated rings. The molecule has 0 aromatic heterocycles. The maximum absolute atomic E-state index is 6.34. The number of halogens is 1. The Labute approximate surface area is 114 Å². The van der Waals surface area contributed by atoms with Crippen molar-refractivity contribution in [2.24, 2.45) is 0 Å². The molecular formula is C13H29ClSSi. The maximum Gasteiger partial charge on any atom is 0.162 e. The lowest BCUT2D eigenvalue weighted by Gasteiger charge is -2.21. The molecule has 0 aromatic carbocycles. The van der Waals surface area contributed by atoms with E-state index < -0.39 is 7.38 Å². The Morgan fingerprint density at radius 2 is 1.38 bits per heavy atom. The van der Waals surface area contributed by atoms with Gasteiger partial charge < -0.3 is 0 Å². The third-order valence-corrected chi connectivity index (χ3v) is 8.44. The Morgan fingerprint density at radius 1 is 0.938 bits per heavy atom. The SMILES string of the molecule is CCCCCCCCCCC(S)[Si](C)(C)Cl. The third-order valence-electron chi connectivity index (χ3n) is 3.12. The van der Waals surface area contributed by atoms with Gasteiger partial charge in [-0.2, -0.15) is 23.7 Å². The molecule has 0 N–H and O–H groups in total. The molecule has 1 unspecified atom stereocenters. The standard InChI is InChI=1S/C13H29ClSSi/c1-4-5-6-7-8-9-10-11-12-13(15)16(2,3)14/h13,15H,4-12H2,1-3H3. The van der Waals surface area contributed by atoms with Crippen LogP contribution in [0.3, 0.4) is 0 Å². The average Bonchev–Trinajstić information content (AvgIpc) is 2.20. The first-order chi connectivity index (χ1) is 7.48. The number of hydrogen-bond donors (Lipinski definition) is 1. The Morgan fingerprint density at radius 3 is 1.81 bits per heavy atom. The molecule has 16 heavy (non-hydrogen) atoms. The van der Waals surface area contributed by atoms with E-state index in [-0.39, 0.29) is 0 Å². The molecule has 0 radical (unpaired) electrons. The molecule has 0 amide bonds. The molecule has 0 saturated carbocycles. The summed E-state index contributed by atoms with van der Waals surface area (Å²) in [6, 6.07) is 0. The van der Waals surface area contributed by atoms with Crippen molar-refractivity contribution in [2.75, 3.05) is 0 Å². The van der Waals surface area contributed by atoms with Crippen LogP contribution in [0.1, 0.15) is 64.7 Å². The molecule has 0 nitrogen and oxygen atoms in total. The number of unbranched alkanes of at least 4 members (excludes halogenated alkanes) is 7. The van der Waals surface area contributed by atoms with Crippen molar-refractivity contribution in [1.29, 1.82) is 0 Å². The van der Waals surface area contributed by atoms with Crippen molar-refractivity contribution in [3.63, 3.8) is 0 Å². The van der Waals surface area contributed by atoms with Gasteiger partial charge in [0.05, 0.1) is 0 Å². The first-order valence-corrected chi connectivity index (χ1v) is 11.5. The molecule has 0 rings (SSSR count). The quantitative estimate of drug-likeness (QED) is 0.222. The summed E-state index contributed by atoms with van der Waals surface area (Å²) in [5.74, 6) is 0. The van der Waals surface area contributed by atoms with Gasteiger partial charge >= 0.3 is 0 Å². The fourth-order valence-corrected chi connectivity index (χ4v) is 3.22. The summed E-state index contributed by atoms with van der Waals surface area (Å²) in [4.78, 5) is 0.467. The van der Waals surface area contributed by atoms with Crippen molar-refractivity contribution in [2.45, 2.75) is 82.7 Å². The van der Waals surface area contributed by atoms with E-state index in [0.717, 1.165) is 0 Å². The summed E-state index contributed by atoms with van der Waals surface area (Å²) < 4.78 is 0. The van der Waals surface area contributed by atoms with E-state index in [1.165, 1.54) is 57.8 Å². The first kappa shape index (κ1) is 16.9. The van der Waals surface area contributed by atoms with Crippen LogP contribution in [0.25, 0.3) is 0 Å². The predicted molar refractivity (Wildman–Crippen MR) is 83.3 cm³/mol. The second-order valence-corrected chi connectivity index (χ2v) is 13.2. The van der Waals surface area contributed by atoms with Gasteiger partial charge in [-0.3, -0.25) is 0 Å². The molecule has 0 aliphatic rings. The molecule has 1 atom stereocenters. The van der Waals surface area contributed by atoms with Crippen LogP contribution in [0.5, 0.6) is 0 Å². The molecule has 0 heterocycles. The van der Waals surface area contributed by atoms with Crippen LogP contribution in [0.15, 0.2) is 0 Å². The van der Waals surface area contributed by atoms with Crippen molar-refractivity contribution in [3.05, 3.63) is 0 Å². The second-order valence-electron chi connectivity index (χ2n) is 5.34. The molecule has 0 spiro atoms. The van der Waals surface area contributed by atoms with Gasteiger partial charge in [0.25, 0.3) is 0 Å². The van der Waals surface area contributed by atoms with Crippen LogP contribution in [0.2, 0.25) is 13.1 Å². The van der Waals surface area contributed by atoms with Gasteiger partial charge in [0.15, 0.2) is 7.38 Å². The zero-order valence-electron chi connectivity index (χ0n) is 11.3. The highest BCUT2D eigenvalue weighted by atomic mass is 35.6. The fraction of sp³-hybridized carbons (Fsp3) is 1.00. The van der Waals surface area contributed by atoms with Crippen LogP contribution in [0, 0.1) is 0 Å². The van der Waals surface area contributed by atoms with Crippen LogP contribution in [-0.4, -0.2) is 12.3 Å². The Kier molecular flexibility index (Phi) is 10.4. The van der Waals surface area contributed by atoms with Gasteiger partial charge in [0, 0.05) is 4.87 Å². The minimum atomic E-state index is -1.51. The lowest BCUT2D eigenvalue weighted by Crippen LogP contribution is -2.31. The summed E-state index contributed by atoms with van der Waals surface area (Å²) in [6.45, 7) is 6.65. The minimum absolute atomic E-state index is 0.467. The smallest absolute Gasteiger partial charge is 0.162 e. The van der Waals surface area contributed by atoms with E-state index >= 15 is 0 Å². The zero-order chi connectivity index (χ0) is 12.4. The van der Waals surface area contributed by atoms with Crippen molar-refractivity contribution in [1.82, 2.24) is 0 Å². The van der Waals surface area contributed by atoms with Gasteiger partial charge in [-0.15, -0.1) is 0 Å². The van der Waals surface area contributed by atoms with E-state index in [0.29, 0.717) is 4.87 Å². The molecule has 3 heteroatoms. The average molecular weight is 281 g/mol.